The van der Waals surface area contributed by atoms with Gasteiger partial charge in [0.1, 0.15) is 6.33 Å². The molecule has 0 bridgehead atoms. The lowest BCUT2D eigenvalue weighted by atomic mass is 9.82. The highest BCUT2D eigenvalue weighted by Gasteiger charge is 2.48. The fourth-order valence-electron chi connectivity index (χ4n) is 2.51. The Kier molecular flexibility index (Phi) is 3.85. The molecule has 0 spiro atoms. The number of aliphatic hydroxyl groups is 1. The van der Waals surface area contributed by atoms with Gasteiger partial charge in [-0.1, -0.05) is 13.8 Å². The van der Waals surface area contributed by atoms with Crippen LogP contribution in [0.25, 0.3) is 0 Å². The number of hydrogen-bond donors (Lipinski definition) is 1. The summed E-state index contributed by atoms with van der Waals surface area (Å²) in [7, 11) is 0. The van der Waals surface area contributed by atoms with E-state index in [1.54, 1.807) is 0 Å². The van der Waals surface area contributed by atoms with E-state index in [1.807, 2.05) is 13.8 Å². The van der Waals surface area contributed by atoms with Gasteiger partial charge in [0.2, 0.25) is 0 Å². The van der Waals surface area contributed by atoms with E-state index < -0.39 is 24.2 Å². The van der Waals surface area contributed by atoms with Crippen molar-refractivity contribution in [3.8, 4) is 0 Å². The third-order valence-electron chi connectivity index (χ3n) is 3.59. The van der Waals surface area contributed by atoms with Crippen LogP contribution in [0, 0.1) is 5.92 Å². The molecule has 3 unspecified atom stereocenters. The molecule has 19 heavy (non-hydrogen) atoms. The van der Waals surface area contributed by atoms with Crippen molar-refractivity contribution >= 4 is 0 Å². The van der Waals surface area contributed by atoms with Crippen molar-refractivity contribution in [1.29, 1.82) is 0 Å². The average molecular weight is 277 g/mol. The summed E-state index contributed by atoms with van der Waals surface area (Å²) in [6.45, 7) is 3.77. The normalized spacial score (nSPS) is 28.9. The zero-order chi connectivity index (χ0) is 14.2. The van der Waals surface area contributed by atoms with Crippen LogP contribution in [-0.2, 0) is 0 Å². The molecule has 1 aromatic heterocycles. The Hall–Kier alpha value is -1.11. The highest BCUT2D eigenvalue weighted by atomic mass is 19.4. The zero-order valence-electron chi connectivity index (χ0n) is 10.9. The number of alkyl halides is 3. The lowest BCUT2D eigenvalue weighted by Crippen LogP contribution is -2.38. The summed E-state index contributed by atoms with van der Waals surface area (Å²) >= 11 is 0. The molecule has 0 aromatic carbocycles. The van der Waals surface area contributed by atoms with Crippen molar-refractivity contribution in [3.05, 3.63) is 12.2 Å². The van der Waals surface area contributed by atoms with E-state index in [1.165, 1.54) is 11.0 Å². The van der Waals surface area contributed by atoms with Gasteiger partial charge < -0.3 is 5.11 Å². The van der Waals surface area contributed by atoms with E-state index >= 15 is 0 Å². The van der Waals surface area contributed by atoms with Crippen LogP contribution in [0.3, 0.4) is 0 Å². The summed E-state index contributed by atoms with van der Waals surface area (Å²) in [6.07, 6.45) is -3.43. The molecule has 0 saturated heterocycles. The van der Waals surface area contributed by atoms with E-state index in [0.29, 0.717) is 5.82 Å². The van der Waals surface area contributed by atoms with E-state index in [0.717, 1.165) is 0 Å². The lowest BCUT2D eigenvalue weighted by molar-refractivity contribution is -0.199. The molecule has 1 heterocycles. The number of rotatable bonds is 2. The Bertz CT molecular complexity index is 430. The lowest BCUT2D eigenvalue weighted by Gasteiger charge is -2.35. The van der Waals surface area contributed by atoms with Crippen LogP contribution in [0.4, 0.5) is 13.2 Å². The van der Waals surface area contributed by atoms with Crippen LogP contribution in [-0.4, -0.2) is 32.2 Å². The molecule has 0 amide bonds. The molecule has 1 fully saturated rings. The Morgan fingerprint density at radius 2 is 2.05 bits per heavy atom. The van der Waals surface area contributed by atoms with Crippen molar-refractivity contribution in [3.63, 3.8) is 0 Å². The van der Waals surface area contributed by atoms with Gasteiger partial charge in [0, 0.05) is 5.92 Å². The molecular formula is C12H18F3N3O. The van der Waals surface area contributed by atoms with Crippen LogP contribution in [0.15, 0.2) is 6.33 Å². The Morgan fingerprint density at radius 1 is 1.37 bits per heavy atom. The quantitative estimate of drug-likeness (QED) is 0.904. The summed E-state index contributed by atoms with van der Waals surface area (Å²) in [5, 5.41) is 13.7. The first-order chi connectivity index (χ1) is 8.79. The minimum atomic E-state index is -4.27. The fraction of sp³-hybridized carbons (Fsp3) is 0.833. The first-order valence-corrected chi connectivity index (χ1v) is 6.45. The van der Waals surface area contributed by atoms with Gasteiger partial charge in [-0.15, -0.1) is 0 Å². The predicted molar refractivity (Wildman–Crippen MR) is 62.6 cm³/mol. The van der Waals surface area contributed by atoms with E-state index in [9.17, 15) is 18.3 Å². The fourth-order valence-corrected chi connectivity index (χ4v) is 2.51. The van der Waals surface area contributed by atoms with Crippen molar-refractivity contribution < 1.29 is 18.3 Å². The molecule has 108 valence electrons. The third-order valence-corrected chi connectivity index (χ3v) is 3.59. The minimum Gasteiger partial charge on any atom is -0.393 e. The van der Waals surface area contributed by atoms with Crippen LogP contribution in [0.2, 0.25) is 0 Å². The Morgan fingerprint density at radius 3 is 2.58 bits per heavy atom. The topological polar surface area (TPSA) is 50.9 Å². The summed E-state index contributed by atoms with van der Waals surface area (Å²) in [6, 6.07) is -0.858. The molecule has 1 aliphatic rings. The van der Waals surface area contributed by atoms with Crippen molar-refractivity contribution in [2.24, 2.45) is 5.92 Å². The first kappa shape index (κ1) is 14.3. The molecule has 1 aliphatic carbocycles. The van der Waals surface area contributed by atoms with Crippen molar-refractivity contribution in [1.82, 2.24) is 14.8 Å². The highest BCUT2D eigenvalue weighted by Crippen LogP contribution is 2.43. The summed E-state index contributed by atoms with van der Waals surface area (Å²) < 4.78 is 40.4. The first-order valence-electron chi connectivity index (χ1n) is 6.45. The van der Waals surface area contributed by atoms with Gasteiger partial charge in [0.15, 0.2) is 5.82 Å². The predicted octanol–water partition coefficient (Wildman–Crippen LogP) is 2.67. The largest absolute Gasteiger partial charge is 0.393 e. The Labute approximate surface area is 109 Å². The van der Waals surface area contributed by atoms with Crippen LogP contribution in [0.5, 0.6) is 0 Å². The second-order valence-corrected chi connectivity index (χ2v) is 5.42. The molecule has 2 rings (SSSR count). The second-order valence-electron chi connectivity index (χ2n) is 5.42. The SMILES string of the molecule is CC(C)c1ncn(C2CC(O)CCC2C(F)(F)F)n1. The van der Waals surface area contributed by atoms with Gasteiger partial charge in [-0.2, -0.15) is 18.3 Å². The maximum absolute atomic E-state index is 13.0. The highest BCUT2D eigenvalue weighted by molar-refractivity contribution is 4.93. The number of hydrogen-bond acceptors (Lipinski definition) is 3. The molecule has 1 N–H and O–H groups in total. The molecule has 1 saturated carbocycles. The molecule has 1 aromatic rings. The van der Waals surface area contributed by atoms with Gasteiger partial charge >= 0.3 is 6.18 Å². The van der Waals surface area contributed by atoms with Crippen LogP contribution in [0.1, 0.15) is 50.9 Å². The molecule has 7 heteroatoms. The standard InChI is InChI=1S/C12H18F3N3O/c1-7(2)11-16-6-18(17-11)10-5-8(19)3-4-9(10)12(13,14)15/h6-10,19H,3-5H2,1-2H3. The summed E-state index contributed by atoms with van der Waals surface area (Å²) in [5.74, 6) is -0.863. The smallest absolute Gasteiger partial charge is 0.393 e. The van der Waals surface area contributed by atoms with Crippen LogP contribution < -0.4 is 0 Å². The van der Waals surface area contributed by atoms with E-state index in [2.05, 4.69) is 10.1 Å². The van der Waals surface area contributed by atoms with Crippen LogP contribution >= 0.6 is 0 Å². The molecular weight excluding hydrogens is 259 g/mol. The molecule has 0 radical (unpaired) electrons. The third kappa shape index (κ3) is 3.08. The monoisotopic (exact) mass is 277 g/mol. The van der Waals surface area contributed by atoms with E-state index in [-0.39, 0.29) is 25.2 Å². The average Bonchev–Trinajstić information content (AvgIpc) is 2.76. The second kappa shape index (κ2) is 5.11. The van der Waals surface area contributed by atoms with E-state index in [4.69, 9.17) is 0 Å². The minimum absolute atomic E-state index is 0.0633. The molecule has 0 aliphatic heterocycles. The summed E-state index contributed by atoms with van der Waals surface area (Å²) in [5.41, 5.74) is 0. The number of aromatic nitrogens is 3. The van der Waals surface area contributed by atoms with Gasteiger partial charge in [-0.3, -0.25) is 0 Å². The Balaban J connectivity index is 2.26. The maximum atomic E-state index is 13.0. The van der Waals surface area contributed by atoms with Gasteiger partial charge in [0.05, 0.1) is 18.1 Å². The van der Waals surface area contributed by atoms with Crippen molar-refractivity contribution in [2.45, 2.75) is 57.3 Å². The number of nitrogens with zero attached hydrogens (tertiary/aromatic N) is 3. The number of halogens is 3. The van der Waals surface area contributed by atoms with Gasteiger partial charge in [-0.25, -0.2) is 9.67 Å². The summed E-state index contributed by atoms with van der Waals surface area (Å²) in [4.78, 5) is 4.04. The van der Waals surface area contributed by atoms with Crippen molar-refractivity contribution in [2.75, 3.05) is 0 Å². The zero-order valence-corrected chi connectivity index (χ0v) is 10.9. The molecule has 4 nitrogen and oxygen atoms in total. The van der Waals surface area contributed by atoms with Gasteiger partial charge in [0.25, 0.3) is 0 Å². The molecule has 3 atom stereocenters. The number of aliphatic hydroxyl groups excluding tert-OH is 1. The van der Waals surface area contributed by atoms with Gasteiger partial charge in [-0.05, 0) is 19.3 Å². The maximum Gasteiger partial charge on any atom is 0.393 e.